The van der Waals surface area contributed by atoms with Crippen LogP contribution in [0, 0.1) is 0 Å². The highest BCUT2D eigenvalue weighted by Crippen LogP contribution is 2.20. The number of hydrogen-bond acceptors (Lipinski definition) is 4. The molecule has 0 unspecified atom stereocenters. The molecule has 0 amide bonds. The van der Waals surface area contributed by atoms with E-state index in [0.717, 1.165) is 27.9 Å². The van der Waals surface area contributed by atoms with Crippen molar-refractivity contribution in [3.05, 3.63) is 60.3 Å². The molecule has 0 saturated carbocycles. The van der Waals surface area contributed by atoms with Crippen molar-refractivity contribution in [2.24, 2.45) is 0 Å². The molecule has 4 nitrogen and oxygen atoms in total. The van der Waals surface area contributed by atoms with Crippen molar-refractivity contribution in [1.82, 2.24) is 9.97 Å². The van der Waals surface area contributed by atoms with E-state index in [-0.39, 0.29) is 5.97 Å². The van der Waals surface area contributed by atoms with Gasteiger partial charge in [-0.05, 0) is 36.8 Å². The van der Waals surface area contributed by atoms with Crippen LogP contribution in [0.4, 0.5) is 0 Å². The van der Waals surface area contributed by atoms with E-state index in [9.17, 15) is 4.79 Å². The Balaban J connectivity index is 0.00000100. The van der Waals surface area contributed by atoms with E-state index < -0.39 is 0 Å². The van der Waals surface area contributed by atoms with Crippen LogP contribution in [-0.4, -0.2) is 22.5 Å². The Kier molecular flexibility index (Phi) is 6.43. The predicted molar refractivity (Wildman–Crippen MR) is 96.7 cm³/mol. The summed E-state index contributed by atoms with van der Waals surface area (Å²) < 4.78 is 4.95. The molecule has 2 heterocycles. The smallest absolute Gasteiger partial charge is 0.310 e. The Hall–Kier alpha value is -2.75. The van der Waals surface area contributed by atoms with Gasteiger partial charge in [-0.15, -0.1) is 0 Å². The summed E-state index contributed by atoms with van der Waals surface area (Å²) in [6.45, 7) is 6.21. The molecule has 1 aromatic carbocycles. The number of aromatic nitrogens is 2. The number of rotatable bonds is 4. The van der Waals surface area contributed by atoms with Gasteiger partial charge in [-0.1, -0.05) is 38.1 Å². The Morgan fingerprint density at radius 3 is 2.50 bits per heavy atom. The predicted octanol–water partition coefficient (Wildman–Crippen LogP) is 4.43. The van der Waals surface area contributed by atoms with Gasteiger partial charge in [0.25, 0.3) is 0 Å². The van der Waals surface area contributed by atoms with Crippen LogP contribution in [0.15, 0.2) is 54.7 Å². The summed E-state index contributed by atoms with van der Waals surface area (Å²) in [4.78, 5) is 20.3. The molecule has 0 aliphatic carbocycles. The molecule has 0 N–H and O–H groups in total. The summed E-state index contributed by atoms with van der Waals surface area (Å²) >= 11 is 0. The van der Waals surface area contributed by atoms with Crippen molar-refractivity contribution in [2.45, 2.75) is 27.2 Å². The summed E-state index contributed by atoms with van der Waals surface area (Å²) in [5, 5.41) is 1.02. The second-order valence-electron chi connectivity index (χ2n) is 4.93. The summed E-state index contributed by atoms with van der Waals surface area (Å²) in [6.07, 6.45) is 2.03. The molecular formula is C20H22N2O2. The zero-order chi connectivity index (χ0) is 17.4. The lowest BCUT2D eigenvalue weighted by Crippen LogP contribution is -2.07. The first-order chi connectivity index (χ1) is 11.8. The number of esters is 1. The first kappa shape index (κ1) is 17.6. The topological polar surface area (TPSA) is 52.1 Å². The van der Waals surface area contributed by atoms with Crippen LogP contribution in [0.3, 0.4) is 0 Å². The van der Waals surface area contributed by atoms with Crippen LogP contribution in [0.2, 0.25) is 0 Å². The van der Waals surface area contributed by atoms with Gasteiger partial charge < -0.3 is 4.74 Å². The molecule has 0 bridgehead atoms. The normalized spacial score (nSPS) is 9.96. The minimum atomic E-state index is -0.205. The maximum atomic E-state index is 11.5. The van der Waals surface area contributed by atoms with Crippen molar-refractivity contribution in [1.29, 1.82) is 0 Å². The van der Waals surface area contributed by atoms with E-state index in [4.69, 9.17) is 4.74 Å². The zero-order valence-electron chi connectivity index (χ0n) is 14.3. The van der Waals surface area contributed by atoms with Crippen LogP contribution in [-0.2, 0) is 16.0 Å². The van der Waals surface area contributed by atoms with Crippen LogP contribution in [0.1, 0.15) is 26.3 Å². The van der Waals surface area contributed by atoms with Crippen LogP contribution >= 0.6 is 0 Å². The summed E-state index contributed by atoms with van der Waals surface area (Å²) in [5.41, 5.74) is 3.53. The average Bonchev–Trinajstić information content (AvgIpc) is 2.64. The Morgan fingerprint density at radius 1 is 1.04 bits per heavy atom. The summed E-state index contributed by atoms with van der Waals surface area (Å²) in [7, 11) is 0. The fourth-order valence-electron chi connectivity index (χ4n) is 2.29. The molecule has 124 valence electrons. The minimum Gasteiger partial charge on any atom is -0.466 e. The number of fused-ring (bicyclic) bond motifs is 1. The van der Waals surface area contributed by atoms with Gasteiger partial charge in [-0.2, -0.15) is 0 Å². The van der Waals surface area contributed by atoms with Crippen molar-refractivity contribution in [2.75, 3.05) is 6.61 Å². The zero-order valence-corrected chi connectivity index (χ0v) is 14.3. The second-order valence-corrected chi connectivity index (χ2v) is 4.93. The first-order valence-corrected chi connectivity index (χ1v) is 8.23. The molecule has 0 saturated heterocycles. The van der Waals surface area contributed by atoms with E-state index in [1.807, 2.05) is 62.4 Å². The Labute approximate surface area is 142 Å². The van der Waals surface area contributed by atoms with Gasteiger partial charge >= 0.3 is 5.97 Å². The monoisotopic (exact) mass is 322 g/mol. The van der Waals surface area contributed by atoms with Crippen molar-refractivity contribution < 1.29 is 9.53 Å². The van der Waals surface area contributed by atoms with Crippen molar-refractivity contribution in [3.63, 3.8) is 0 Å². The lowest BCUT2D eigenvalue weighted by Gasteiger charge is -2.05. The fraction of sp³-hybridized carbons (Fsp3) is 0.250. The van der Waals surface area contributed by atoms with Gasteiger partial charge in [0, 0.05) is 17.1 Å². The molecule has 0 atom stereocenters. The largest absolute Gasteiger partial charge is 0.466 e. The number of carbonyl (C=O) groups excluding carboxylic acids is 1. The lowest BCUT2D eigenvalue weighted by molar-refractivity contribution is -0.142. The standard InChI is InChI=1S/C18H16N2O2.C2H6/c1-2-22-17(21)12-13-5-7-14(8-6-13)16-10-9-15-4-3-11-19-18(15)20-16;1-2/h3-11H,2,12H2,1H3;1-2H3. The Morgan fingerprint density at radius 2 is 1.79 bits per heavy atom. The van der Waals surface area contributed by atoms with Gasteiger partial charge in [-0.3, -0.25) is 4.79 Å². The molecule has 0 fully saturated rings. The van der Waals surface area contributed by atoms with Gasteiger partial charge in [0.2, 0.25) is 0 Å². The number of hydrogen-bond donors (Lipinski definition) is 0. The third kappa shape index (κ3) is 4.38. The lowest BCUT2D eigenvalue weighted by atomic mass is 10.1. The Bertz CT molecular complexity index is 798. The molecule has 3 aromatic rings. The van der Waals surface area contributed by atoms with Crippen molar-refractivity contribution >= 4 is 17.0 Å². The summed E-state index contributed by atoms with van der Waals surface area (Å²) in [6, 6.07) is 15.7. The highest BCUT2D eigenvalue weighted by Gasteiger charge is 2.06. The van der Waals surface area contributed by atoms with E-state index in [1.54, 1.807) is 13.1 Å². The highest BCUT2D eigenvalue weighted by atomic mass is 16.5. The highest BCUT2D eigenvalue weighted by molar-refractivity contribution is 5.78. The number of carbonyl (C=O) groups is 1. The first-order valence-electron chi connectivity index (χ1n) is 8.23. The molecular weight excluding hydrogens is 300 g/mol. The van der Waals surface area contributed by atoms with Gasteiger partial charge in [-0.25, -0.2) is 9.97 Å². The molecule has 0 aliphatic heterocycles. The third-order valence-corrected chi connectivity index (χ3v) is 3.37. The third-order valence-electron chi connectivity index (χ3n) is 3.37. The van der Waals surface area contributed by atoms with E-state index in [1.165, 1.54) is 0 Å². The quantitative estimate of drug-likeness (QED) is 0.667. The fourth-order valence-corrected chi connectivity index (χ4v) is 2.29. The van der Waals surface area contributed by atoms with Crippen LogP contribution in [0.5, 0.6) is 0 Å². The van der Waals surface area contributed by atoms with E-state index >= 15 is 0 Å². The van der Waals surface area contributed by atoms with Gasteiger partial charge in [0.05, 0.1) is 18.7 Å². The molecule has 24 heavy (non-hydrogen) atoms. The number of benzene rings is 1. The van der Waals surface area contributed by atoms with E-state index in [0.29, 0.717) is 13.0 Å². The minimum absolute atomic E-state index is 0.205. The molecule has 2 aromatic heterocycles. The number of ether oxygens (including phenoxy) is 1. The molecule has 3 rings (SSSR count). The molecule has 0 spiro atoms. The molecule has 0 radical (unpaired) electrons. The van der Waals surface area contributed by atoms with Crippen molar-refractivity contribution in [3.8, 4) is 11.3 Å². The van der Waals surface area contributed by atoms with E-state index in [2.05, 4.69) is 9.97 Å². The maximum absolute atomic E-state index is 11.5. The SMILES string of the molecule is CC.CCOC(=O)Cc1ccc(-c2ccc3cccnc3n2)cc1. The average molecular weight is 322 g/mol. The number of nitrogens with zero attached hydrogens (tertiary/aromatic N) is 2. The van der Waals surface area contributed by atoms with Gasteiger partial charge in [0.1, 0.15) is 0 Å². The second kappa shape index (κ2) is 8.77. The van der Waals surface area contributed by atoms with Crippen LogP contribution in [0.25, 0.3) is 22.3 Å². The summed E-state index contributed by atoms with van der Waals surface area (Å²) in [5.74, 6) is -0.205. The molecule has 4 heteroatoms. The molecule has 0 aliphatic rings. The van der Waals surface area contributed by atoms with Crippen LogP contribution < -0.4 is 0 Å². The number of pyridine rings is 2. The maximum Gasteiger partial charge on any atom is 0.310 e. The van der Waals surface area contributed by atoms with Gasteiger partial charge in [0.15, 0.2) is 5.65 Å².